The SMILES string of the molecule is CCOC(=O)Cc1cc(OCC)ccc1OC(F)(F)F. The molecule has 0 aliphatic carbocycles. The van der Waals surface area contributed by atoms with Crippen molar-refractivity contribution in [3.05, 3.63) is 23.8 Å². The number of benzene rings is 1. The molecule has 0 aromatic heterocycles. The molecule has 1 aromatic carbocycles. The number of carbonyl (C=O) groups excluding carboxylic acids is 1. The standard InChI is InChI=1S/C13H15F3O4/c1-3-18-10-5-6-11(20-13(14,15)16)9(7-10)8-12(17)19-4-2/h5-7H,3-4,8H2,1-2H3. The minimum atomic E-state index is -4.82. The first kappa shape index (κ1) is 16.1. The third-order valence-electron chi connectivity index (χ3n) is 2.21. The first-order valence-corrected chi connectivity index (χ1v) is 6.02. The van der Waals surface area contributed by atoms with Crippen LogP contribution in [0.15, 0.2) is 18.2 Å². The first-order chi connectivity index (χ1) is 9.35. The first-order valence-electron chi connectivity index (χ1n) is 6.02. The molecule has 0 unspecified atom stereocenters. The monoisotopic (exact) mass is 292 g/mol. The van der Waals surface area contributed by atoms with Crippen molar-refractivity contribution < 1.29 is 32.2 Å². The maximum atomic E-state index is 12.3. The van der Waals surface area contributed by atoms with Crippen molar-refractivity contribution in [3.8, 4) is 11.5 Å². The molecule has 112 valence electrons. The number of halogens is 3. The summed E-state index contributed by atoms with van der Waals surface area (Å²) in [5.41, 5.74) is 0.0618. The molecule has 0 N–H and O–H groups in total. The molecule has 7 heteroatoms. The Morgan fingerprint density at radius 1 is 1.20 bits per heavy atom. The van der Waals surface area contributed by atoms with Crippen molar-refractivity contribution >= 4 is 5.97 Å². The number of esters is 1. The fourth-order valence-electron chi connectivity index (χ4n) is 1.54. The Morgan fingerprint density at radius 3 is 2.45 bits per heavy atom. The van der Waals surface area contributed by atoms with Crippen molar-refractivity contribution in [1.29, 1.82) is 0 Å². The van der Waals surface area contributed by atoms with Crippen LogP contribution in [0.1, 0.15) is 19.4 Å². The Labute approximate surface area is 114 Å². The van der Waals surface area contributed by atoms with Crippen LogP contribution in [0.3, 0.4) is 0 Å². The van der Waals surface area contributed by atoms with Gasteiger partial charge < -0.3 is 14.2 Å². The summed E-state index contributed by atoms with van der Waals surface area (Å²) in [5, 5.41) is 0. The highest BCUT2D eigenvalue weighted by Gasteiger charge is 2.32. The van der Waals surface area contributed by atoms with E-state index < -0.39 is 18.1 Å². The third-order valence-corrected chi connectivity index (χ3v) is 2.21. The lowest BCUT2D eigenvalue weighted by atomic mass is 10.1. The molecule has 0 bridgehead atoms. The molecule has 0 fully saturated rings. The van der Waals surface area contributed by atoms with E-state index in [1.165, 1.54) is 12.1 Å². The zero-order valence-electron chi connectivity index (χ0n) is 11.1. The molecule has 0 saturated heterocycles. The van der Waals surface area contributed by atoms with Crippen molar-refractivity contribution in [2.24, 2.45) is 0 Å². The third kappa shape index (κ3) is 5.38. The molecule has 0 amide bonds. The van der Waals surface area contributed by atoms with Gasteiger partial charge in [-0.15, -0.1) is 13.2 Å². The minimum absolute atomic E-state index is 0.0618. The molecule has 0 heterocycles. The van der Waals surface area contributed by atoms with E-state index in [9.17, 15) is 18.0 Å². The van der Waals surface area contributed by atoms with Crippen LogP contribution < -0.4 is 9.47 Å². The number of rotatable bonds is 6. The summed E-state index contributed by atoms with van der Waals surface area (Å²) in [6.07, 6.45) is -5.14. The largest absolute Gasteiger partial charge is 0.573 e. The maximum absolute atomic E-state index is 12.3. The van der Waals surface area contributed by atoms with Crippen LogP contribution in [0.25, 0.3) is 0 Å². The Balaban J connectivity index is 2.99. The summed E-state index contributed by atoms with van der Waals surface area (Å²) < 4.78 is 50.6. The Kier molecular flexibility index (Phi) is 5.66. The second-order valence-electron chi connectivity index (χ2n) is 3.73. The zero-order valence-corrected chi connectivity index (χ0v) is 11.1. The Hall–Kier alpha value is -1.92. The van der Waals surface area contributed by atoms with Crippen LogP contribution in [0, 0.1) is 0 Å². The van der Waals surface area contributed by atoms with Crippen LogP contribution in [0.4, 0.5) is 13.2 Å². The van der Waals surface area contributed by atoms with Crippen LogP contribution in [-0.2, 0) is 16.0 Å². The lowest BCUT2D eigenvalue weighted by Crippen LogP contribution is -2.19. The van der Waals surface area contributed by atoms with Crippen LogP contribution >= 0.6 is 0 Å². The molecule has 20 heavy (non-hydrogen) atoms. The summed E-state index contributed by atoms with van der Waals surface area (Å²) >= 11 is 0. The van der Waals surface area contributed by atoms with Gasteiger partial charge in [0.05, 0.1) is 19.6 Å². The summed E-state index contributed by atoms with van der Waals surface area (Å²) in [7, 11) is 0. The predicted molar refractivity (Wildman–Crippen MR) is 64.6 cm³/mol. The van der Waals surface area contributed by atoms with Gasteiger partial charge >= 0.3 is 12.3 Å². The highest BCUT2D eigenvalue weighted by molar-refractivity contribution is 5.73. The average molecular weight is 292 g/mol. The van der Waals surface area contributed by atoms with Gasteiger partial charge in [-0.2, -0.15) is 0 Å². The van der Waals surface area contributed by atoms with Crippen molar-refractivity contribution in [2.45, 2.75) is 26.6 Å². The Bertz CT molecular complexity index is 457. The van der Waals surface area contributed by atoms with Gasteiger partial charge in [0, 0.05) is 5.56 Å². The van der Waals surface area contributed by atoms with Gasteiger partial charge in [0.2, 0.25) is 0 Å². The minimum Gasteiger partial charge on any atom is -0.494 e. The van der Waals surface area contributed by atoms with Crippen molar-refractivity contribution in [3.63, 3.8) is 0 Å². The topological polar surface area (TPSA) is 44.8 Å². The van der Waals surface area contributed by atoms with E-state index in [0.29, 0.717) is 12.4 Å². The van der Waals surface area contributed by atoms with E-state index in [-0.39, 0.29) is 18.6 Å². The van der Waals surface area contributed by atoms with E-state index in [1.54, 1.807) is 13.8 Å². The molecule has 4 nitrogen and oxygen atoms in total. The number of alkyl halides is 3. The van der Waals surface area contributed by atoms with Gasteiger partial charge in [-0.1, -0.05) is 0 Å². The van der Waals surface area contributed by atoms with Crippen LogP contribution in [0.5, 0.6) is 11.5 Å². The van der Waals surface area contributed by atoms with Gasteiger partial charge in [0.1, 0.15) is 11.5 Å². The number of hydrogen-bond donors (Lipinski definition) is 0. The van der Waals surface area contributed by atoms with Crippen molar-refractivity contribution in [2.75, 3.05) is 13.2 Å². The second-order valence-corrected chi connectivity index (χ2v) is 3.73. The summed E-state index contributed by atoms with van der Waals surface area (Å²) in [4.78, 5) is 11.4. The summed E-state index contributed by atoms with van der Waals surface area (Å²) in [5.74, 6) is -0.705. The molecular formula is C13H15F3O4. The molecule has 1 rings (SSSR count). The number of ether oxygens (including phenoxy) is 3. The fourth-order valence-corrected chi connectivity index (χ4v) is 1.54. The predicted octanol–water partition coefficient (Wildman–Crippen LogP) is 3.09. The Morgan fingerprint density at radius 2 is 1.90 bits per heavy atom. The van der Waals surface area contributed by atoms with Gasteiger partial charge in [-0.25, -0.2) is 0 Å². The van der Waals surface area contributed by atoms with E-state index >= 15 is 0 Å². The summed E-state index contributed by atoms with van der Waals surface area (Å²) in [6, 6.07) is 3.80. The van der Waals surface area contributed by atoms with E-state index in [4.69, 9.17) is 9.47 Å². The van der Waals surface area contributed by atoms with Gasteiger partial charge in [-0.05, 0) is 32.0 Å². The molecule has 0 spiro atoms. The highest BCUT2D eigenvalue weighted by Crippen LogP contribution is 2.30. The maximum Gasteiger partial charge on any atom is 0.573 e. The quantitative estimate of drug-likeness (QED) is 0.756. The van der Waals surface area contributed by atoms with Crippen LogP contribution in [0.2, 0.25) is 0 Å². The van der Waals surface area contributed by atoms with Crippen molar-refractivity contribution in [1.82, 2.24) is 0 Å². The number of hydrogen-bond acceptors (Lipinski definition) is 4. The lowest BCUT2D eigenvalue weighted by Gasteiger charge is -2.14. The smallest absolute Gasteiger partial charge is 0.494 e. The molecule has 0 atom stereocenters. The van der Waals surface area contributed by atoms with Gasteiger partial charge in [0.25, 0.3) is 0 Å². The van der Waals surface area contributed by atoms with E-state index in [2.05, 4.69) is 4.74 Å². The summed E-state index contributed by atoms with van der Waals surface area (Å²) in [6.45, 7) is 3.87. The fraction of sp³-hybridized carbons (Fsp3) is 0.462. The second kappa shape index (κ2) is 7.02. The average Bonchev–Trinajstić information content (AvgIpc) is 2.31. The number of carbonyl (C=O) groups is 1. The normalized spacial score (nSPS) is 11.1. The zero-order chi connectivity index (χ0) is 15.2. The highest BCUT2D eigenvalue weighted by atomic mass is 19.4. The van der Waals surface area contributed by atoms with Gasteiger partial charge in [0.15, 0.2) is 0 Å². The molecule has 0 aliphatic heterocycles. The van der Waals surface area contributed by atoms with E-state index in [0.717, 1.165) is 6.07 Å². The van der Waals surface area contributed by atoms with Gasteiger partial charge in [-0.3, -0.25) is 4.79 Å². The molecule has 1 aromatic rings. The lowest BCUT2D eigenvalue weighted by molar-refractivity contribution is -0.275. The van der Waals surface area contributed by atoms with E-state index in [1.807, 2.05) is 0 Å². The van der Waals surface area contributed by atoms with Crippen LogP contribution in [-0.4, -0.2) is 25.5 Å². The molecule has 0 radical (unpaired) electrons. The molecule has 0 aliphatic rings. The molecular weight excluding hydrogens is 277 g/mol. The molecule has 0 saturated carbocycles.